The van der Waals surface area contributed by atoms with E-state index in [2.05, 4.69) is 10.2 Å². The van der Waals surface area contributed by atoms with Gasteiger partial charge in [-0.2, -0.15) is 0 Å². The molecule has 0 radical (unpaired) electrons. The molecule has 0 aliphatic carbocycles. The summed E-state index contributed by atoms with van der Waals surface area (Å²) >= 11 is 0. The van der Waals surface area contributed by atoms with Gasteiger partial charge in [0.25, 0.3) is 0 Å². The second kappa shape index (κ2) is 5.75. The highest BCUT2D eigenvalue weighted by atomic mass is 16.1. The first kappa shape index (κ1) is 11.2. The van der Waals surface area contributed by atoms with Crippen LogP contribution in [0, 0.1) is 5.92 Å². The number of piperidine rings is 1. The molecule has 0 aromatic heterocycles. The van der Waals surface area contributed by atoms with Gasteiger partial charge in [0, 0.05) is 32.5 Å². The van der Waals surface area contributed by atoms with Crippen molar-refractivity contribution in [3.05, 3.63) is 0 Å². The van der Waals surface area contributed by atoms with E-state index in [1.54, 1.807) is 7.05 Å². The summed E-state index contributed by atoms with van der Waals surface area (Å²) in [7, 11) is 1.65. The van der Waals surface area contributed by atoms with Crippen LogP contribution in [0.3, 0.4) is 0 Å². The molecule has 1 aliphatic heterocycles. The van der Waals surface area contributed by atoms with Crippen LogP contribution < -0.4 is 5.32 Å². The second-order valence-corrected chi connectivity index (χ2v) is 3.76. The van der Waals surface area contributed by atoms with Gasteiger partial charge < -0.3 is 15.0 Å². The molecule has 1 saturated heterocycles. The van der Waals surface area contributed by atoms with Crippen LogP contribution in [-0.2, 0) is 9.59 Å². The lowest BCUT2D eigenvalue weighted by Crippen LogP contribution is -2.38. The molecular formula is C10H18N2O2. The van der Waals surface area contributed by atoms with Crippen molar-refractivity contribution in [1.29, 1.82) is 0 Å². The molecular weight excluding hydrogens is 180 g/mol. The number of nitrogens with one attached hydrogen (secondary N) is 1. The third-order valence-electron chi connectivity index (χ3n) is 2.67. The van der Waals surface area contributed by atoms with E-state index in [-0.39, 0.29) is 11.8 Å². The normalized spacial score (nSPS) is 23.1. The van der Waals surface area contributed by atoms with E-state index in [1.165, 1.54) is 0 Å². The summed E-state index contributed by atoms with van der Waals surface area (Å²) in [5, 5.41) is 2.59. The first-order valence-corrected chi connectivity index (χ1v) is 5.14. The van der Waals surface area contributed by atoms with Gasteiger partial charge in [0.1, 0.15) is 6.29 Å². The lowest BCUT2D eigenvalue weighted by atomic mass is 10.00. The lowest BCUT2D eigenvalue weighted by molar-refractivity contribution is -0.121. The van der Waals surface area contributed by atoms with Crippen LogP contribution in [0.2, 0.25) is 0 Å². The molecule has 1 rings (SSSR count). The molecule has 1 fully saturated rings. The van der Waals surface area contributed by atoms with E-state index >= 15 is 0 Å². The van der Waals surface area contributed by atoms with E-state index in [0.717, 1.165) is 38.8 Å². The Bertz CT molecular complexity index is 206. The van der Waals surface area contributed by atoms with E-state index in [0.29, 0.717) is 6.42 Å². The molecule has 1 atom stereocenters. The predicted octanol–water partition coefficient (Wildman–Crippen LogP) is 0.0334. The zero-order chi connectivity index (χ0) is 10.4. The standard InChI is InChI=1S/C10H18N2O2/c1-11-10(14)4-6-12-5-2-3-9(7-12)8-13/h8-9H,2-7H2,1H3,(H,11,14). The number of hydrogen-bond donors (Lipinski definition) is 1. The summed E-state index contributed by atoms with van der Waals surface area (Å²) in [5.41, 5.74) is 0. The summed E-state index contributed by atoms with van der Waals surface area (Å²) in [4.78, 5) is 23.8. The highest BCUT2D eigenvalue weighted by Gasteiger charge is 2.19. The zero-order valence-electron chi connectivity index (χ0n) is 8.66. The Morgan fingerprint density at radius 3 is 3.07 bits per heavy atom. The van der Waals surface area contributed by atoms with E-state index in [9.17, 15) is 9.59 Å². The zero-order valence-corrected chi connectivity index (χ0v) is 8.66. The van der Waals surface area contributed by atoms with Crippen molar-refractivity contribution in [2.75, 3.05) is 26.7 Å². The predicted molar refractivity (Wildman–Crippen MR) is 53.9 cm³/mol. The molecule has 1 amide bonds. The molecule has 1 aliphatic rings. The molecule has 0 aromatic rings. The molecule has 0 spiro atoms. The minimum Gasteiger partial charge on any atom is -0.359 e. The monoisotopic (exact) mass is 198 g/mol. The first-order chi connectivity index (χ1) is 6.76. The summed E-state index contributed by atoms with van der Waals surface area (Å²) in [6.07, 6.45) is 3.63. The van der Waals surface area contributed by atoms with Gasteiger partial charge in [-0.05, 0) is 19.4 Å². The van der Waals surface area contributed by atoms with Crippen molar-refractivity contribution in [2.45, 2.75) is 19.3 Å². The molecule has 14 heavy (non-hydrogen) atoms. The van der Waals surface area contributed by atoms with Crippen LogP contribution in [0.15, 0.2) is 0 Å². The Hall–Kier alpha value is -0.900. The van der Waals surface area contributed by atoms with Gasteiger partial charge in [-0.1, -0.05) is 0 Å². The van der Waals surface area contributed by atoms with Gasteiger partial charge in [-0.3, -0.25) is 4.79 Å². The molecule has 0 bridgehead atoms. The maximum atomic E-state index is 11.0. The fourth-order valence-corrected chi connectivity index (χ4v) is 1.79. The van der Waals surface area contributed by atoms with Gasteiger partial charge in [-0.15, -0.1) is 0 Å². The number of carbonyl (C=O) groups is 2. The summed E-state index contributed by atoms with van der Waals surface area (Å²) in [5.74, 6) is 0.242. The first-order valence-electron chi connectivity index (χ1n) is 5.14. The highest BCUT2D eigenvalue weighted by molar-refractivity contribution is 5.75. The maximum absolute atomic E-state index is 11.0. The van der Waals surface area contributed by atoms with Crippen LogP contribution in [-0.4, -0.2) is 43.8 Å². The van der Waals surface area contributed by atoms with Gasteiger partial charge >= 0.3 is 0 Å². The van der Waals surface area contributed by atoms with Crippen LogP contribution in [0.4, 0.5) is 0 Å². The van der Waals surface area contributed by atoms with Crippen molar-refractivity contribution in [3.8, 4) is 0 Å². The van der Waals surface area contributed by atoms with Crippen LogP contribution in [0.5, 0.6) is 0 Å². The fraction of sp³-hybridized carbons (Fsp3) is 0.800. The quantitative estimate of drug-likeness (QED) is 0.649. The Morgan fingerprint density at radius 2 is 2.43 bits per heavy atom. The Kier molecular flexibility index (Phi) is 4.59. The number of carbonyl (C=O) groups excluding carboxylic acids is 2. The van der Waals surface area contributed by atoms with Gasteiger partial charge in [0.05, 0.1) is 0 Å². The third-order valence-corrected chi connectivity index (χ3v) is 2.67. The number of amides is 1. The summed E-state index contributed by atoms with van der Waals surface area (Å²) in [6.45, 7) is 2.60. The van der Waals surface area contributed by atoms with E-state index in [4.69, 9.17) is 0 Å². The van der Waals surface area contributed by atoms with Crippen molar-refractivity contribution >= 4 is 12.2 Å². The molecule has 1 unspecified atom stereocenters. The maximum Gasteiger partial charge on any atom is 0.221 e. The summed E-state index contributed by atoms with van der Waals surface area (Å²) < 4.78 is 0. The van der Waals surface area contributed by atoms with Gasteiger partial charge in [-0.25, -0.2) is 0 Å². The number of aldehydes is 1. The number of likely N-dealkylation sites (tertiary alicyclic amines) is 1. The SMILES string of the molecule is CNC(=O)CCN1CCCC(C=O)C1. The minimum atomic E-state index is 0.0678. The van der Waals surface area contributed by atoms with Gasteiger partial charge in [0.2, 0.25) is 5.91 Å². The summed E-state index contributed by atoms with van der Waals surface area (Å²) in [6, 6.07) is 0. The third kappa shape index (κ3) is 3.46. The van der Waals surface area contributed by atoms with Crippen molar-refractivity contribution < 1.29 is 9.59 Å². The largest absolute Gasteiger partial charge is 0.359 e. The molecule has 0 saturated carbocycles. The van der Waals surface area contributed by atoms with E-state index < -0.39 is 0 Å². The second-order valence-electron chi connectivity index (χ2n) is 3.76. The Labute approximate surface area is 84.7 Å². The molecule has 80 valence electrons. The fourth-order valence-electron chi connectivity index (χ4n) is 1.79. The minimum absolute atomic E-state index is 0.0678. The van der Waals surface area contributed by atoms with E-state index in [1.807, 2.05) is 0 Å². The average Bonchev–Trinajstić information content (AvgIpc) is 2.26. The van der Waals surface area contributed by atoms with Crippen molar-refractivity contribution in [1.82, 2.24) is 10.2 Å². The van der Waals surface area contributed by atoms with Crippen LogP contribution in [0.25, 0.3) is 0 Å². The molecule has 4 heteroatoms. The van der Waals surface area contributed by atoms with Crippen molar-refractivity contribution in [3.63, 3.8) is 0 Å². The molecule has 4 nitrogen and oxygen atoms in total. The Balaban J connectivity index is 2.23. The number of nitrogens with zero attached hydrogens (tertiary/aromatic N) is 1. The molecule has 1 N–H and O–H groups in total. The molecule has 0 aromatic carbocycles. The highest BCUT2D eigenvalue weighted by Crippen LogP contribution is 2.14. The lowest BCUT2D eigenvalue weighted by Gasteiger charge is -2.29. The smallest absolute Gasteiger partial charge is 0.221 e. The van der Waals surface area contributed by atoms with Crippen LogP contribution in [0.1, 0.15) is 19.3 Å². The van der Waals surface area contributed by atoms with Crippen molar-refractivity contribution in [2.24, 2.45) is 5.92 Å². The topological polar surface area (TPSA) is 49.4 Å². The average molecular weight is 198 g/mol. The number of hydrogen-bond acceptors (Lipinski definition) is 3. The van der Waals surface area contributed by atoms with Crippen LogP contribution >= 0.6 is 0 Å². The Morgan fingerprint density at radius 1 is 1.64 bits per heavy atom. The molecule has 1 heterocycles. The number of rotatable bonds is 4. The van der Waals surface area contributed by atoms with Gasteiger partial charge in [0.15, 0.2) is 0 Å².